The largest absolute Gasteiger partial charge is 0.357 e. The van der Waals surface area contributed by atoms with Crippen LogP contribution in [-0.2, 0) is 9.59 Å². The predicted octanol–water partition coefficient (Wildman–Crippen LogP) is 0.477. The zero-order valence-corrected chi connectivity index (χ0v) is 19.5. The molecule has 2 amide bonds. The summed E-state index contributed by atoms with van der Waals surface area (Å²) >= 11 is 0. The normalized spacial score (nSPS) is 21.9. The SMILES string of the molecule is CCNC(=NCC(=O)NC1CC1)N1CCN(C(C)C(=O)N2CCCC2)CC1.I. The summed E-state index contributed by atoms with van der Waals surface area (Å²) < 4.78 is 0. The Labute approximate surface area is 185 Å². The number of aliphatic imine (C=N–C) groups is 1. The molecule has 3 rings (SSSR count). The summed E-state index contributed by atoms with van der Waals surface area (Å²) in [5, 5.41) is 6.26. The molecule has 8 nitrogen and oxygen atoms in total. The molecule has 2 saturated heterocycles. The number of hydrogen-bond acceptors (Lipinski definition) is 4. The maximum Gasteiger partial charge on any atom is 0.242 e. The van der Waals surface area contributed by atoms with Crippen molar-refractivity contribution in [2.45, 2.75) is 51.6 Å². The summed E-state index contributed by atoms with van der Waals surface area (Å²) in [5.74, 6) is 1.05. The van der Waals surface area contributed by atoms with Gasteiger partial charge in [-0.3, -0.25) is 14.5 Å². The van der Waals surface area contributed by atoms with E-state index in [0.717, 1.165) is 77.5 Å². The number of nitrogens with one attached hydrogen (secondary N) is 2. The summed E-state index contributed by atoms with van der Waals surface area (Å²) in [6.07, 6.45) is 4.43. The van der Waals surface area contributed by atoms with Gasteiger partial charge in [-0.2, -0.15) is 0 Å². The van der Waals surface area contributed by atoms with Crippen LogP contribution >= 0.6 is 24.0 Å². The summed E-state index contributed by atoms with van der Waals surface area (Å²) in [4.78, 5) is 35.5. The maximum absolute atomic E-state index is 12.6. The fourth-order valence-corrected chi connectivity index (χ4v) is 3.75. The molecule has 1 atom stereocenters. The zero-order chi connectivity index (χ0) is 19.2. The minimum Gasteiger partial charge on any atom is -0.357 e. The van der Waals surface area contributed by atoms with Crippen molar-refractivity contribution in [2.75, 3.05) is 52.4 Å². The van der Waals surface area contributed by atoms with Gasteiger partial charge in [-0.05, 0) is 39.5 Å². The standard InChI is InChI=1S/C19H34N6O2.HI/c1-3-20-19(21-14-17(26)22-16-6-7-16)25-12-10-23(11-13-25)15(2)18(27)24-8-4-5-9-24;/h15-16H,3-14H2,1-2H3,(H,20,21)(H,22,26);1H. The minimum absolute atomic E-state index is 0. The number of hydrogen-bond donors (Lipinski definition) is 2. The Morgan fingerprint density at radius 2 is 1.68 bits per heavy atom. The molecule has 0 aromatic carbocycles. The van der Waals surface area contributed by atoms with Crippen LogP contribution < -0.4 is 10.6 Å². The van der Waals surface area contributed by atoms with Crippen LogP contribution in [0.2, 0.25) is 0 Å². The molecule has 28 heavy (non-hydrogen) atoms. The van der Waals surface area contributed by atoms with Gasteiger partial charge in [-0.1, -0.05) is 0 Å². The molecular weight excluding hydrogens is 471 g/mol. The second-order valence-electron chi connectivity index (χ2n) is 7.74. The van der Waals surface area contributed by atoms with Gasteiger partial charge in [0.25, 0.3) is 0 Å². The lowest BCUT2D eigenvalue weighted by Crippen LogP contribution is -2.57. The van der Waals surface area contributed by atoms with E-state index in [2.05, 4.69) is 25.4 Å². The van der Waals surface area contributed by atoms with E-state index >= 15 is 0 Å². The summed E-state index contributed by atoms with van der Waals surface area (Å²) in [6, 6.07) is 0.308. The van der Waals surface area contributed by atoms with Crippen molar-refractivity contribution in [3.05, 3.63) is 0 Å². The molecule has 0 radical (unpaired) electrons. The van der Waals surface area contributed by atoms with Crippen LogP contribution in [0, 0.1) is 0 Å². The van der Waals surface area contributed by atoms with Crippen molar-refractivity contribution in [1.29, 1.82) is 0 Å². The molecule has 3 fully saturated rings. The summed E-state index contributed by atoms with van der Waals surface area (Å²) in [6.45, 7) is 10.1. The lowest BCUT2D eigenvalue weighted by atomic mass is 10.2. The van der Waals surface area contributed by atoms with E-state index < -0.39 is 0 Å². The highest BCUT2D eigenvalue weighted by atomic mass is 127. The van der Waals surface area contributed by atoms with E-state index in [0.29, 0.717) is 6.04 Å². The number of guanidine groups is 1. The van der Waals surface area contributed by atoms with E-state index in [4.69, 9.17) is 0 Å². The van der Waals surface area contributed by atoms with Crippen LogP contribution in [0.3, 0.4) is 0 Å². The quantitative estimate of drug-likeness (QED) is 0.311. The number of nitrogens with zero attached hydrogens (tertiary/aromatic N) is 4. The average molecular weight is 506 g/mol. The Balaban J connectivity index is 0.00000280. The molecular formula is C19H35IN6O2. The first-order valence-corrected chi connectivity index (χ1v) is 10.4. The van der Waals surface area contributed by atoms with Crippen molar-refractivity contribution >= 4 is 41.8 Å². The first-order valence-electron chi connectivity index (χ1n) is 10.4. The van der Waals surface area contributed by atoms with Crippen LogP contribution in [0.25, 0.3) is 0 Å². The molecule has 0 aromatic rings. The van der Waals surface area contributed by atoms with Gasteiger partial charge in [0.05, 0.1) is 6.04 Å². The number of carbonyl (C=O) groups is 2. The number of rotatable bonds is 6. The van der Waals surface area contributed by atoms with E-state index in [-0.39, 0.29) is 48.4 Å². The van der Waals surface area contributed by atoms with E-state index in [1.807, 2.05) is 18.7 Å². The van der Waals surface area contributed by atoms with Crippen LogP contribution in [0.4, 0.5) is 0 Å². The fourth-order valence-electron chi connectivity index (χ4n) is 3.75. The third-order valence-corrected chi connectivity index (χ3v) is 5.59. The highest BCUT2D eigenvalue weighted by Crippen LogP contribution is 2.18. The fraction of sp³-hybridized carbons (Fsp3) is 0.842. The van der Waals surface area contributed by atoms with Crippen molar-refractivity contribution < 1.29 is 9.59 Å². The maximum atomic E-state index is 12.6. The van der Waals surface area contributed by atoms with Crippen molar-refractivity contribution in [3.8, 4) is 0 Å². The Morgan fingerprint density at radius 3 is 2.25 bits per heavy atom. The predicted molar refractivity (Wildman–Crippen MR) is 121 cm³/mol. The van der Waals surface area contributed by atoms with Gasteiger partial charge >= 0.3 is 0 Å². The van der Waals surface area contributed by atoms with Gasteiger partial charge in [0, 0.05) is 51.9 Å². The zero-order valence-electron chi connectivity index (χ0n) is 17.2. The molecule has 1 saturated carbocycles. The third kappa shape index (κ3) is 6.47. The van der Waals surface area contributed by atoms with Crippen molar-refractivity contribution in [2.24, 2.45) is 4.99 Å². The van der Waals surface area contributed by atoms with Crippen molar-refractivity contribution in [3.63, 3.8) is 0 Å². The highest BCUT2D eigenvalue weighted by Gasteiger charge is 2.30. The van der Waals surface area contributed by atoms with Crippen LogP contribution in [0.15, 0.2) is 4.99 Å². The van der Waals surface area contributed by atoms with Crippen LogP contribution in [0.1, 0.15) is 39.5 Å². The Morgan fingerprint density at radius 1 is 1.04 bits per heavy atom. The first kappa shape index (κ1) is 23.2. The molecule has 3 aliphatic rings. The Hall–Kier alpha value is -1.10. The molecule has 2 aliphatic heterocycles. The van der Waals surface area contributed by atoms with E-state index in [9.17, 15) is 9.59 Å². The molecule has 2 N–H and O–H groups in total. The van der Waals surface area contributed by atoms with Gasteiger partial charge in [-0.15, -0.1) is 24.0 Å². The van der Waals surface area contributed by atoms with Gasteiger partial charge in [0.2, 0.25) is 11.8 Å². The molecule has 2 heterocycles. The minimum atomic E-state index is -0.0610. The second-order valence-corrected chi connectivity index (χ2v) is 7.74. The van der Waals surface area contributed by atoms with Crippen molar-refractivity contribution in [1.82, 2.24) is 25.3 Å². The topological polar surface area (TPSA) is 80.3 Å². The molecule has 9 heteroatoms. The number of carbonyl (C=O) groups excluding carboxylic acids is 2. The first-order chi connectivity index (χ1) is 13.1. The second kappa shape index (κ2) is 11.2. The number of amides is 2. The summed E-state index contributed by atoms with van der Waals surface area (Å²) in [7, 11) is 0. The van der Waals surface area contributed by atoms with Gasteiger partial charge in [0.1, 0.15) is 6.54 Å². The molecule has 0 aromatic heterocycles. The lowest BCUT2D eigenvalue weighted by Gasteiger charge is -2.39. The Kier molecular flexibility index (Phi) is 9.26. The lowest BCUT2D eigenvalue weighted by molar-refractivity contribution is -0.135. The van der Waals surface area contributed by atoms with E-state index in [1.165, 1.54) is 0 Å². The van der Waals surface area contributed by atoms with E-state index in [1.54, 1.807) is 0 Å². The van der Waals surface area contributed by atoms with Crippen LogP contribution in [0.5, 0.6) is 0 Å². The number of halogens is 1. The van der Waals surface area contributed by atoms with Gasteiger partial charge in [0.15, 0.2) is 5.96 Å². The smallest absolute Gasteiger partial charge is 0.242 e. The monoisotopic (exact) mass is 506 g/mol. The van der Waals surface area contributed by atoms with Crippen LogP contribution in [-0.4, -0.2) is 96.9 Å². The van der Waals surface area contributed by atoms with Gasteiger partial charge in [-0.25, -0.2) is 4.99 Å². The highest BCUT2D eigenvalue weighted by molar-refractivity contribution is 14.0. The molecule has 1 unspecified atom stereocenters. The molecule has 1 aliphatic carbocycles. The third-order valence-electron chi connectivity index (χ3n) is 5.59. The Bertz CT molecular complexity index is 555. The number of likely N-dealkylation sites (tertiary alicyclic amines) is 1. The number of piperazine rings is 1. The molecule has 0 spiro atoms. The molecule has 160 valence electrons. The van der Waals surface area contributed by atoms with Gasteiger partial charge < -0.3 is 20.4 Å². The molecule has 0 bridgehead atoms. The average Bonchev–Trinajstić information content (AvgIpc) is 3.32. The summed E-state index contributed by atoms with van der Waals surface area (Å²) in [5.41, 5.74) is 0.